The lowest BCUT2D eigenvalue weighted by molar-refractivity contribution is -0.118. The molecular weight excluding hydrogens is 270 g/mol. The maximum atomic E-state index is 10.7. The maximum absolute atomic E-state index is 10.7. The number of nitrogens with zero attached hydrogens (tertiary/aromatic N) is 5. The van der Waals surface area contributed by atoms with Crippen molar-refractivity contribution in [2.24, 2.45) is 0 Å². The molecule has 2 aromatic heterocycles. The number of halogens is 1. The number of hydrogen-bond donors (Lipinski definition) is 2. The van der Waals surface area contributed by atoms with Gasteiger partial charge in [-0.15, -0.1) is 0 Å². The largest absolute Gasteiger partial charge is 0.355 e. The van der Waals surface area contributed by atoms with E-state index in [9.17, 15) is 4.79 Å². The molecule has 0 fully saturated rings. The Morgan fingerprint density at radius 2 is 2.21 bits per heavy atom. The van der Waals surface area contributed by atoms with Crippen molar-refractivity contribution in [2.45, 2.75) is 6.92 Å². The van der Waals surface area contributed by atoms with Crippen LogP contribution in [0.2, 0.25) is 5.28 Å². The van der Waals surface area contributed by atoms with E-state index in [1.54, 1.807) is 23.3 Å². The van der Waals surface area contributed by atoms with E-state index in [4.69, 9.17) is 11.6 Å². The van der Waals surface area contributed by atoms with E-state index < -0.39 is 0 Å². The van der Waals surface area contributed by atoms with E-state index in [0.717, 1.165) is 0 Å². The van der Waals surface area contributed by atoms with Crippen molar-refractivity contribution in [1.29, 1.82) is 0 Å². The molecule has 2 aromatic rings. The molecule has 19 heavy (non-hydrogen) atoms. The summed E-state index contributed by atoms with van der Waals surface area (Å²) in [7, 11) is 0. The minimum atomic E-state index is -0.0883. The lowest BCUT2D eigenvalue weighted by Crippen LogP contribution is -2.26. The maximum Gasteiger partial charge on any atom is 0.241 e. The fourth-order valence-corrected chi connectivity index (χ4v) is 1.48. The van der Waals surface area contributed by atoms with Gasteiger partial charge in [0.15, 0.2) is 0 Å². The number of aromatic nitrogens is 5. The molecule has 0 bridgehead atoms. The number of amides is 1. The van der Waals surface area contributed by atoms with Crippen LogP contribution >= 0.6 is 11.6 Å². The van der Waals surface area contributed by atoms with E-state index in [-0.39, 0.29) is 11.2 Å². The molecule has 0 spiro atoms. The molecule has 9 heteroatoms. The Morgan fingerprint density at radius 3 is 2.89 bits per heavy atom. The summed E-state index contributed by atoms with van der Waals surface area (Å²) in [4.78, 5) is 26.7. The highest BCUT2D eigenvalue weighted by molar-refractivity contribution is 6.28. The van der Waals surface area contributed by atoms with Crippen molar-refractivity contribution in [3.63, 3.8) is 0 Å². The van der Waals surface area contributed by atoms with E-state index in [2.05, 4.69) is 30.6 Å². The topological polar surface area (TPSA) is 97.6 Å². The van der Waals surface area contributed by atoms with E-state index in [1.807, 2.05) is 0 Å². The molecule has 0 aliphatic rings. The molecule has 0 aliphatic carbocycles. The zero-order chi connectivity index (χ0) is 13.7. The number of imidazole rings is 1. The first-order chi connectivity index (χ1) is 9.15. The van der Waals surface area contributed by atoms with Crippen LogP contribution in [-0.4, -0.2) is 43.5 Å². The lowest BCUT2D eigenvalue weighted by atomic mass is 10.6. The zero-order valence-electron chi connectivity index (χ0n) is 10.2. The van der Waals surface area contributed by atoms with Crippen molar-refractivity contribution in [1.82, 2.24) is 29.8 Å². The Morgan fingerprint density at radius 1 is 1.37 bits per heavy atom. The molecule has 0 atom stereocenters. The van der Waals surface area contributed by atoms with Crippen LogP contribution in [0.3, 0.4) is 0 Å². The molecular formula is C10H12ClN7O. The van der Waals surface area contributed by atoms with Gasteiger partial charge in [-0.2, -0.15) is 15.0 Å². The van der Waals surface area contributed by atoms with Gasteiger partial charge in [0.25, 0.3) is 0 Å². The van der Waals surface area contributed by atoms with Crippen LogP contribution in [0.5, 0.6) is 0 Å². The third kappa shape index (κ3) is 3.88. The molecule has 8 nitrogen and oxygen atoms in total. The van der Waals surface area contributed by atoms with Gasteiger partial charge in [0, 0.05) is 32.4 Å². The second-order valence-electron chi connectivity index (χ2n) is 3.61. The first-order valence-electron chi connectivity index (χ1n) is 5.53. The molecule has 100 valence electrons. The van der Waals surface area contributed by atoms with Crippen LogP contribution in [0.15, 0.2) is 18.7 Å². The molecule has 2 rings (SSSR count). The van der Waals surface area contributed by atoms with Crippen LogP contribution in [0, 0.1) is 0 Å². The van der Waals surface area contributed by atoms with Crippen LogP contribution < -0.4 is 10.6 Å². The van der Waals surface area contributed by atoms with Gasteiger partial charge in [0.1, 0.15) is 6.33 Å². The van der Waals surface area contributed by atoms with Gasteiger partial charge in [-0.3, -0.25) is 9.36 Å². The minimum absolute atomic E-state index is 0.0840. The Hall–Kier alpha value is -2.22. The van der Waals surface area contributed by atoms with Crippen molar-refractivity contribution in [3.8, 4) is 5.95 Å². The standard InChI is InChI=1S/C10H12ClN7O/c1-7(19)13-2-3-14-9-15-8(11)16-10(17-9)18-5-4-12-6-18/h4-6H,2-3H2,1H3,(H,13,19)(H,14,15,16,17). The van der Waals surface area contributed by atoms with Gasteiger partial charge in [0.2, 0.25) is 23.1 Å². The fraction of sp³-hybridized carbons (Fsp3) is 0.300. The van der Waals surface area contributed by atoms with Crippen molar-refractivity contribution < 1.29 is 4.79 Å². The van der Waals surface area contributed by atoms with Gasteiger partial charge in [-0.25, -0.2) is 4.98 Å². The summed E-state index contributed by atoms with van der Waals surface area (Å²) in [6.45, 7) is 2.42. The zero-order valence-corrected chi connectivity index (χ0v) is 10.9. The van der Waals surface area contributed by atoms with E-state index in [0.29, 0.717) is 25.0 Å². The number of anilines is 1. The van der Waals surface area contributed by atoms with Gasteiger partial charge in [0.05, 0.1) is 0 Å². The van der Waals surface area contributed by atoms with Crippen LogP contribution in [0.25, 0.3) is 5.95 Å². The van der Waals surface area contributed by atoms with Crippen LogP contribution in [0.4, 0.5) is 5.95 Å². The van der Waals surface area contributed by atoms with Crippen molar-refractivity contribution >= 4 is 23.5 Å². The van der Waals surface area contributed by atoms with Crippen LogP contribution in [0.1, 0.15) is 6.92 Å². The highest BCUT2D eigenvalue weighted by Crippen LogP contribution is 2.08. The third-order valence-electron chi connectivity index (χ3n) is 2.11. The molecule has 0 aliphatic heterocycles. The summed E-state index contributed by atoms with van der Waals surface area (Å²) >= 11 is 5.82. The van der Waals surface area contributed by atoms with E-state index in [1.165, 1.54) is 6.92 Å². The first-order valence-corrected chi connectivity index (χ1v) is 5.91. The van der Waals surface area contributed by atoms with Gasteiger partial charge in [-0.05, 0) is 11.6 Å². The summed E-state index contributed by atoms with van der Waals surface area (Å²) < 4.78 is 1.62. The Balaban J connectivity index is 2.03. The lowest BCUT2D eigenvalue weighted by Gasteiger charge is -2.07. The molecule has 0 radical (unpaired) electrons. The fourth-order valence-electron chi connectivity index (χ4n) is 1.32. The summed E-state index contributed by atoms with van der Waals surface area (Å²) in [5.74, 6) is 0.628. The number of carbonyl (C=O) groups is 1. The van der Waals surface area contributed by atoms with Gasteiger partial charge >= 0.3 is 0 Å². The quantitative estimate of drug-likeness (QED) is 0.763. The second-order valence-corrected chi connectivity index (χ2v) is 3.95. The average Bonchev–Trinajstić information content (AvgIpc) is 2.87. The monoisotopic (exact) mass is 281 g/mol. The highest BCUT2D eigenvalue weighted by atomic mass is 35.5. The minimum Gasteiger partial charge on any atom is -0.355 e. The average molecular weight is 282 g/mol. The molecule has 0 saturated carbocycles. The first kappa shape index (κ1) is 13.2. The summed E-state index contributed by atoms with van der Waals surface area (Å²) in [5.41, 5.74) is 0. The molecule has 0 saturated heterocycles. The molecule has 2 N–H and O–H groups in total. The smallest absolute Gasteiger partial charge is 0.241 e. The molecule has 2 heterocycles. The second kappa shape index (κ2) is 6.10. The predicted molar refractivity (Wildman–Crippen MR) is 69.1 cm³/mol. The third-order valence-corrected chi connectivity index (χ3v) is 2.28. The predicted octanol–water partition coefficient (Wildman–Crippen LogP) is 0.259. The Kier molecular flexibility index (Phi) is 4.24. The van der Waals surface area contributed by atoms with Crippen molar-refractivity contribution in [2.75, 3.05) is 18.4 Å². The highest BCUT2D eigenvalue weighted by Gasteiger charge is 2.06. The number of nitrogens with one attached hydrogen (secondary N) is 2. The van der Waals surface area contributed by atoms with Crippen molar-refractivity contribution in [3.05, 3.63) is 24.0 Å². The molecule has 1 amide bonds. The normalized spacial score (nSPS) is 10.2. The molecule has 0 aromatic carbocycles. The number of hydrogen-bond acceptors (Lipinski definition) is 6. The van der Waals surface area contributed by atoms with Crippen LogP contribution in [-0.2, 0) is 4.79 Å². The van der Waals surface area contributed by atoms with Gasteiger partial charge in [-0.1, -0.05) is 0 Å². The van der Waals surface area contributed by atoms with E-state index >= 15 is 0 Å². The SMILES string of the molecule is CC(=O)NCCNc1nc(Cl)nc(-n2ccnc2)n1. The Bertz CT molecular complexity index is 557. The summed E-state index contributed by atoms with van der Waals surface area (Å²) in [5, 5.41) is 5.68. The Labute approximate surface area is 114 Å². The van der Waals surface area contributed by atoms with Gasteiger partial charge < -0.3 is 10.6 Å². The molecule has 0 unspecified atom stereocenters. The summed E-state index contributed by atoms with van der Waals surface area (Å²) in [6.07, 6.45) is 4.88. The summed E-state index contributed by atoms with van der Waals surface area (Å²) in [6, 6.07) is 0. The number of carbonyl (C=O) groups excluding carboxylic acids is 1. The number of rotatable bonds is 5.